The normalized spacial score (nSPS) is 10.6. The Hall–Kier alpha value is -1.11. The third-order valence-electron chi connectivity index (χ3n) is 2.39. The topological polar surface area (TPSA) is 54.1 Å². The van der Waals surface area contributed by atoms with Crippen molar-refractivity contribution in [1.29, 1.82) is 0 Å². The quantitative estimate of drug-likeness (QED) is 0.830. The second-order valence-electron chi connectivity index (χ2n) is 3.72. The van der Waals surface area contributed by atoms with Gasteiger partial charge in [0.2, 0.25) is 0 Å². The lowest BCUT2D eigenvalue weighted by Crippen LogP contribution is -2.12. The van der Waals surface area contributed by atoms with E-state index in [1.165, 1.54) is 12.0 Å². The van der Waals surface area contributed by atoms with Crippen molar-refractivity contribution in [2.75, 3.05) is 7.11 Å². The molecule has 0 saturated heterocycles. The fourth-order valence-electron chi connectivity index (χ4n) is 1.54. The fraction of sp³-hybridized carbons (Fsp3) is 0.250. The number of H-pyrrole nitrogens is 1. The Morgan fingerprint density at radius 3 is 3.00 bits per heavy atom. The molecule has 0 atom stereocenters. The molecule has 0 bridgehead atoms. The average Bonchev–Trinajstić information content (AvgIpc) is 2.98. The van der Waals surface area contributed by atoms with Gasteiger partial charge in [-0.3, -0.25) is 0 Å². The highest BCUT2D eigenvalue weighted by Crippen LogP contribution is 2.19. The van der Waals surface area contributed by atoms with Crippen molar-refractivity contribution in [3.05, 3.63) is 44.3 Å². The van der Waals surface area contributed by atoms with Gasteiger partial charge in [0.1, 0.15) is 5.69 Å². The van der Waals surface area contributed by atoms with E-state index < -0.39 is 0 Å². The van der Waals surface area contributed by atoms with E-state index in [-0.39, 0.29) is 5.97 Å². The number of aromatic nitrogens is 1. The summed E-state index contributed by atoms with van der Waals surface area (Å²) in [6.45, 7) is 1.50. The molecule has 18 heavy (non-hydrogen) atoms. The number of halogens is 1. The molecule has 4 nitrogen and oxygen atoms in total. The lowest BCUT2D eigenvalue weighted by molar-refractivity contribution is 0.0594. The molecule has 0 aliphatic heterocycles. The zero-order chi connectivity index (χ0) is 13.0. The number of rotatable bonds is 5. The molecular weight excluding hydrogens is 316 g/mol. The SMILES string of the molecule is COC(=O)c1ccc(CNCc2cc(Br)cs2)[nH]1. The van der Waals surface area contributed by atoms with Crippen LogP contribution in [0.3, 0.4) is 0 Å². The number of carbonyl (C=O) groups is 1. The predicted molar refractivity (Wildman–Crippen MR) is 74.7 cm³/mol. The molecule has 0 aliphatic rings. The Morgan fingerprint density at radius 1 is 1.50 bits per heavy atom. The molecule has 2 aromatic rings. The molecule has 96 valence electrons. The summed E-state index contributed by atoms with van der Waals surface area (Å²) in [5.41, 5.74) is 1.44. The zero-order valence-corrected chi connectivity index (χ0v) is 12.2. The average molecular weight is 329 g/mol. The van der Waals surface area contributed by atoms with Gasteiger partial charge in [0.15, 0.2) is 0 Å². The van der Waals surface area contributed by atoms with Gasteiger partial charge in [-0.15, -0.1) is 11.3 Å². The van der Waals surface area contributed by atoms with E-state index in [4.69, 9.17) is 0 Å². The molecule has 0 fully saturated rings. The van der Waals surface area contributed by atoms with Crippen LogP contribution in [-0.2, 0) is 17.8 Å². The van der Waals surface area contributed by atoms with Gasteiger partial charge in [0.05, 0.1) is 7.11 Å². The number of hydrogen-bond donors (Lipinski definition) is 2. The minimum atomic E-state index is -0.344. The van der Waals surface area contributed by atoms with E-state index >= 15 is 0 Å². The van der Waals surface area contributed by atoms with Crippen LogP contribution in [0.2, 0.25) is 0 Å². The van der Waals surface area contributed by atoms with Crippen molar-refractivity contribution < 1.29 is 9.53 Å². The van der Waals surface area contributed by atoms with Crippen LogP contribution in [-0.4, -0.2) is 18.1 Å². The third-order valence-corrected chi connectivity index (χ3v) is 4.09. The molecule has 0 amide bonds. The molecule has 2 aromatic heterocycles. The largest absolute Gasteiger partial charge is 0.464 e. The monoisotopic (exact) mass is 328 g/mol. The summed E-state index contributed by atoms with van der Waals surface area (Å²) in [7, 11) is 1.37. The van der Waals surface area contributed by atoms with Crippen molar-refractivity contribution in [3.8, 4) is 0 Å². The van der Waals surface area contributed by atoms with Gasteiger partial charge in [-0.05, 0) is 34.1 Å². The fourth-order valence-corrected chi connectivity index (χ4v) is 2.96. The number of carbonyl (C=O) groups excluding carboxylic acids is 1. The third kappa shape index (κ3) is 3.44. The molecule has 0 spiro atoms. The first-order chi connectivity index (χ1) is 8.69. The Kier molecular flexibility index (Phi) is 4.57. The minimum absolute atomic E-state index is 0.344. The van der Waals surface area contributed by atoms with Crippen LogP contribution in [0.1, 0.15) is 21.1 Å². The summed E-state index contributed by atoms with van der Waals surface area (Å²) >= 11 is 5.13. The van der Waals surface area contributed by atoms with Crippen molar-refractivity contribution in [3.63, 3.8) is 0 Å². The van der Waals surface area contributed by atoms with E-state index in [2.05, 4.69) is 42.4 Å². The molecule has 2 heterocycles. The van der Waals surface area contributed by atoms with Crippen LogP contribution in [0.5, 0.6) is 0 Å². The van der Waals surface area contributed by atoms with E-state index in [1.807, 2.05) is 6.07 Å². The molecule has 2 N–H and O–H groups in total. The molecular formula is C12H13BrN2O2S. The Balaban J connectivity index is 1.83. The van der Waals surface area contributed by atoms with Crippen molar-refractivity contribution in [2.24, 2.45) is 0 Å². The standard InChI is InChI=1S/C12H13BrN2O2S/c1-17-12(16)11-3-2-9(15-11)5-14-6-10-4-8(13)7-18-10/h2-4,7,14-15H,5-6H2,1H3. The van der Waals surface area contributed by atoms with Gasteiger partial charge in [-0.1, -0.05) is 0 Å². The van der Waals surface area contributed by atoms with Crippen LogP contribution in [0.25, 0.3) is 0 Å². The molecule has 0 radical (unpaired) electrons. The molecule has 0 unspecified atom stereocenters. The first-order valence-corrected chi connectivity index (χ1v) is 7.06. The maximum Gasteiger partial charge on any atom is 0.354 e. The van der Waals surface area contributed by atoms with Crippen molar-refractivity contribution in [1.82, 2.24) is 10.3 Å². The first kappa shape index (κ1) is 13.3. The number of aromatic amines is 1. The van der Waals surface area contributed by atoms with Crippen molar-refractivity contribution >= 4 is 33.2 Å². The van der Waals surface area contributed by atoms with Gasteiger partial charge in [-0.2, -0.15) is 0 Å². The summed E-state index contributed by atoms with van der Waals surface area (Å²) in [6.07, 6.45) is 0. The first-order valence-electron chi connectivity index (χ1n) is 5.39. The van der Waals surface area contributed by atoms with E-state index in [0.29, 0.717) is 12.2 Å². The van der Waals surface area contributed by atoms with Crippen LogP contribution in [0, 0.1) is 0 Å². The van der Waals surface area contributed by atoms with Crippen LogP contribution in [0.4, 0.5) is 0 Å². The van der Waals surface area contributed by atoms with Gasteiger partial charge in [0.25, 0.3) is 0 Å². The summed E-state index contributed by atoms with van der Waals surface area (Å²) in [5, 5.41) is 5.36. The number of methoxy groups -OCH3 is 1. The second-order valence-corrected chi connectivity index (χ2v) is 5.64. The number of thiophene rings is 1. The predicted octanol–water partition coefficient (Wildman–Crippen LogP) is 2.92. The lowest BCUT2D eigenvalue weighted by atomic mass is 10.4. The summed E-state index contributed by atoms with van der Waals surface area (Å²) in [6, 6.07) is 5.69. The van der Waals surface area contributed by atoms with Crippen LogP contribution < -0.4 is 5.32 Å². The molecule has 0 aromatic carbocycles. The zero-order valence-electron chi connectivity index (χ0n) is 9.83. The van der Waals surface area contributed by atoms with Crippen LogP contribution >= 0.6 is 27.3 Å². The minimum Gasteiger partial charge on any atom is -0.464 e. The smallest absolute Gasteiger partial charge is 0.354 e. The maximum atomic E-state index is 11.2. The lowest BCUT2D eigenvalue weighted by Gasteiger charge is -2.01. The Labute approximate surface area is 117 Å². The summed E-state index contributed by atoms with van der Waals surface area (Å²) in [5.74, 6) is -0.344. The summed E-state index contributed by atoms with van der Waals surface area (Å²) < 4.78 is 5.74. The van der Waals surface area contributed by atoms with E-state index in [1.54, 1.807) is 17.4 Å². The maximum absolute atomic E-state index is 11.2. The number of hydrogen-bond acceptors (Lipinski definition) is 4. The second kappa shape index (κ2) is 6.17. The number of esters is 1. The Bertz CT molecular complexity index is 536. The molecule has 0 aliphatic carbocycles. The molecule has 0 saturated carbocycles. The van der Waals surface area contributed by atoms with Crippen LogP contribution in [0.15, 0.2) is 28.1 Å². The van der Waals surface area contributed by atoms with Gasteiger partial charge < -0.3 is 15.0 Å². The highest BCUT2D eigenvalue weighted by Gasteiger charge is 2.07. The highest BCUT2D eigenvalue weighted by atomic mass is 79.9. The molecule has 6 heteroatoms. The number of ether oxygens (including phenoxy) is 1. The van der Waals surface area contributed by atoms with E-state index in [9.17, 15) is 4.79 Å². The summed E-state index contributed by atoms with van der Waals surface area (Å²) in [4.78, 5) is 15.5. The highest BCUT2D eigenvalue weighted by molar-refractivity contribution is 9.10. The van der Waals surface area contributed by atoms with E-state index in [0.717, 1.165) is 16.7 Å². The van der Waals surface area contributed by atoms with Crippen molar-refractivity contribution in [2.45, 2.75) is 13.1 Å². The van der Waals surface area contributed by atoms with Gasteiger partial charge >= 0.3 is 5.97 Å². The Morgan fingerprint density at radius 2 is 2.33 bits per heavy atom. The van der Waals surface area contributed by atoms with Gasteiger partial charge in [0, 0.05) is 33.5 Å². The number of nitrogens with one attached hydrogen (secondary N) is 2. The molecule has 2 rings (SSSR count). The van der Waals surface area contributed by atoms with Gasteiger partial charge in [-0.25, -0.2) is 4.79 Å².